The van der Waals surface area contributed by atoms with Crippen molar-refractivity contribution in [1.82, 2.24) is 87.2 Å². The minimum absolute atomic E-state index is 0.0482. The van der Waals surface area contributed by atoms with Crippen LogP contribution in [0.4, 0.5) is 29.2 Å². The zero-order chi connectivity index (χ0) is 105. The van der Waals surface area contributed by atoms with Crippen LogP contribution in [0.15, 0.2) is 74.2 Å². The lowest BCUT2D eigenvalue weighted by Crippen LogP contribution is -2.42. The second-order valence-electron chi connectivity index (χ2n) is 33.4. The maximum atomic E-state index is 15.5. The highest BCUT2D eigenvalue weighted by atomic mass is 32.5. The Labute approximate surface area is 846 Å². The number of aryl methyl sites for hydroxylation is 3. The number of phosphoric acid groups is 1. The summed E-state index contributed by atoms with van der Waals surface area (Å²) in [6.07, 6.45) is -24.9. The number of aromatic amines is 2. The molecular weight excluding hydrogens is 2130 g/mol. The zero-order valence-electron chi connectivity index (χ0n) is 79.1. The van der Waals surface area contributed by atoms with Crippen LogP contribution in [0, 0.1) is 20.8 Å². The number of rotatable bonds is 52. The molecule has 6 aliphatic heterocycles. The van der Waals surface area contributed by atoms with Gasteiger partial charge in [0, 0.05) is 77.3 Å². The van der Waals surface area contributed by atoms with Gasteiger partial charge in [-0.15, -0.1) is 0 Å². The molecule has 18 N–H and O–H groups in total. The molecule has 0 aliphatic carbocycles. The highest BCUT2D eigenvalue weighted by Gasteiger charge is 2.58. The fourth-order valence-corrected chi connectivity index (χ4v) is 23.5. The molecule has 15 heterocycles. The fourth-order valence-electron chi connectivity index (χ4n) is 16.8. The smallest absolute Gasteiger partial charge is 0.387 e. The Bertz CT molecular complexity index is 6640. The lowest BCUT2D eigenvalue weighted by atomic mass is 10.1. The number of phosphoric ester groups is 1. The number of ether oxygens (including phenoxy) is 16. The number of hydrogen-bond donors (Lipinski definition) is 13. The Kier molecular flexibility index (Phi) is 37.5. The molecule has 0 amide bonds. The average molecular weight is 2240 g/mol. The van der Waals surface area contributed by atoms with Crippen molar-refractivity contribution in [2.75, 3.05) is 163 Å². The SMILES string of the molecule is CC[C@H]1O[C@@H](n2cnc3c(N)ncnc32)C[C@H]1OP(O)(=S)OC[C@H]1O[C@@H](n2cnc3c(=O)[nH]c(N)nc32)C(OCCOC)[C@H]1OP(O)(=S)OC[C@H]1O[C@@H](n2cc(C)c(N)nc2=O)C(OCCOC)[C@H]1OP(=O)(O)OC[C@H]1O[C@@H](n2cc(C)c(=O)[nH]c2=O)C(OCCOC)[C@H]1OP(O)(=S)OC[C@H]1O[C@@H](n2cnc3c(N)ncnc32)C(OCCOC)[C@H]1OP(O)(=S)OC[C@H]1O[C@@H](n2cc(C)c(N)nc2=O)C(OCCOC)[C@H]1O. The van der Waals surface area contributed by atoms with Crippen molar-refractivity contribution in [1.29, 1.82) is 0 Å². The van der Waals surface area contributed by atoms with E-state index in [9.17, 15) is 53.5 Å². The van der Waals surface area contributed by atoms with Crippen molar-refractivity contribution in [3.8, 4) is 0 Å². The summed E-state index contributed by atoms with van der Waals surface area (Å²) in [4.78, 5) is 177. The van der Waals surface area contributed by atoms with E-state index < -0.39 is 237 Å². The number of aliphatic hydroxyl groups excluding tert-OH is 1. The first kappa shape index (κ1) is 113. The largest absolute Gasteiger partial charge is 0.472 e. The molecule has 10 unspecified atom stereocenters. The van der Waals surface area contributed by atoms with Crippen molar-refractivity contribution >= 4 is 145 Å². The number of aromatic nitrogens is 18. The maximum Gasteiger partial charge on any atom is 0.472 e. The molecule has 6 saturated heterocycles. The number of nitrogens with two attached hydrogens (primary N) is 5. The predicted octanol–water partition coefficient (Wildman–Crippen LogP) is -1.62. The summed E-state index contributed by atoms with van der Waals surface area (Å²) < 4.78 is 182. The molecule has 0 saturated carbocycles. The van der Waals surface area contributed by atoms with Gasteiger partial charge in [0.15, 0.2) is 65.2 Å². The van der Waals surface area contributed by atoms with Gasteiger partial charge < -0.3 is 157 Å². The average Bonchev–Trinajstić information content (AvgIpc) is 1.61. The van der Waals surface area contributed by atoms with E-state index in [0.717, 1.165) is 26.2 Å². The molecule has 0 spiro atoms. The third-order valence-corrected chi connectivity index (χ3v) is 31.0. The Morgan fingerprint density at radius 2 is 0.753 bits per heavy atom. The number of fused-ring (bicyclic) bond motifs is 3. The minimum Gasteiger partial charge on any atom is -0.387 e. The Balaban J connectivity index is 0.719. The molecule has 0 aromatic carbocycles. The van der Waals surface area contributed by atoms with Crippen LogP contribution in [0.1, 0.15) is 73.8 Å². The van der Waals surface area contributed by atoms with E-state index in [4.69, 9.17) is 197 Å². The Morgan fingerprint density at radius 3 is 1.20 bits per heavy atom. The van der Waals surface area contributed by atoms with Crippen LogP contribution in [0.25, 0.3) is 33.5 Å². The number of nitrogens with one attached hydrogen (secondary N) is 2. The van der Waals surface area contributed by atoms with E-state index in [1.807, 2.05) is 6.92 Å². The van der Waals surface area contributed by atoms with E-state index in [2.05, 4.69) is 59.8 Å². The van der Waals surface area contributed by atoms with E-state index >= 15 is 4.57 Å². The number of anilines is 5. The van der Waals surface area contributed by atoms with E-state index in [1.54, 1.807) is 11.5 Å². The van der Waals surface area contributed by atoms with Crippen LogP contribution in [0.5, 0.6) is 0 Å². The van der Waals surface area contributed by atoms with Gasteiger partial charge in [-0.25, -0.2) is 53.8 Å². The van der Waals surface area contributed by atoms with Gasteiger partial charge in [-0.3, -0.25) is 69.6 Å². The monoisotopic (exact) mass is 2240 g/mol. The molecule has 6 fully saturated rings. The molecule has 146 heavy (non-hydrogen) atoms. The van der Waals surface area contributed by atoms with Crippen LogP contribution >= 0.6 is 34.7 Å². The molecule has 0 bridgehead atoms. The third-order valence-electron chi connectivity index (χ3n) is 23.7. The van der Waals surface area contributed by atoms with E-state index in [-0.39, 0.29) is 135 Å². The molecule has 9 aromatic heterocycles. The van der Waals surface area contributed by atoms with Crippen LogP contribution < -0.4 is 56.9 Å². The number of aliphatic hydroxyl groups is 1. The summed E-state index contributed by atoms with van der Waals surface area (Å²) in [6, 6.07) is 0. The first-order chi connectivity index (χ1) is 69.6. The predicted molar refractivity (Wildman–Crippen MR) is 516 cm³/mol. The van der Waals surface area contributed by atoms with E-state index in [1.165, 1.54) is 96.2 Å². The van der Waals surface area contributed by atoms with Crippen LogP contribution in [-0.2, 0) is 173 Å². The molecule has 806 valence electrons. The molecule has 6 aliphatic rings. The van der Waals surface area contributed by atoms with Gasteiger partial charge in [0.05, 0.1) is 130 Å². The van der Waals surface area contributed by atoms with Gasteiger partial charge in [0.2, 0.25) is 5.95 Å². The molecule has 70 heteroatoms. The van der Waals surface area contributed by atoms with Gasteiger partial charge in [-0.2, -0.15) is 15.0 Å². The van der Waals surface area contributed by atoms with Crippen molar-refractivity contribution in [3.63, 3.8) is 0 Å². The van der Waals surface area contributed by atoms with Crippen molar-refractivity contribution < 1.29 is 155 Å². The first-order valence-electron chi connectivity index (χ1n) is 44.6. The Hall–Kier alpha value is -7.56. The summed E-state index contributed by atoms with van der Waals surface area (Å²) in [5, 5.41) is 11.9. The minimum atomic E-state index is -5.90. The van der Waals surface area contributed by atoms with Crippen molar-refractivity contribution in [3.05, 3.63) is 119 Å². The highest BCUT2D eigenvalue weighted by molar-refractivity contribution is 8.08. The van der Waals surface area contributed by atoms with Gasteiger partial charge in [-0.05, 0) is 74.4 Å². The van der Waals surface area contributed by atoms with Crippen molar-refractivity contribution in [2.24, 2.45) is 0 Å². The number of hydrogen-bond acceptors (Lipinski definition) is 52. The normalized spacial score (nSPS) is 29.1. The quantitative estimate of drug-likeness (QED) is 0.0150. The second kappa shape index (κ2) is 48.6. The van der Waals surface area contributed by atoms with Crippen LogP contribution in [-0.4, -0.2) is 355 Å². The number of nitrogen functional groups attached to an aromatic ring is 5. The highest BCUT2D eigenvalue weighted by Crippen LogP contribution is 2.58. The molecule has 61 nitrogen and oxygen atoms in total. The fraction of sp³-hybridized carbons (Fsp3) is 0.645. The summed E-state index contributed by atoms with van der Waals surface area (Å²) in [5.41, 5.74) is 26.9. The van der Waals surface area contributed by atoms with Crippen LogP contribution in [0.2, 0.25) is 0 Å². The standard InChI is InChI=1S/C76H110N23O38P5S4/c1-10-38-39(21-45(127-38)97-32-86-46-61(79)82-30-84-63(46)97)133-139(108,143)124-28-43-53(58(121-20-15-116-9)72(132-43)99-34-88-48-65(99)91-73(81)92-67(48)102)137-141(110,145)125-27-42-50(55(118-17-12-113-6)69(130-42)95-23-36(3)60(78)90-75(95)104)134-138(106,107)122-26-41-51(56(119-18-13-114-7)70(129-41)96-24-37(4)66(101)93-76(96)105)135-142(111,146)126-29-44-52(57(120-19-14-115-8)71(131-44)98-33-87-47-62(80)83-31-85-64(47)98)136-140(109,144)123-25-40-49(100)54(117-16-11-112-5)68(128-40)94-22-35(2)59(77)89-74(94)103/h22-24,30-34,38-45,49-58,68-72,100H,10-21,25-29H2,1-9H3,(H,106,107)(H,108,143)(H,109,144)(H,110,145)(H,111,146)(H2,77,89,103)(H2,78,90,104)(H2,79,82,84)(H2,80,83,85)(H,93,101,105)(H3,81,91,92,102)/t38-,39-,40-,41-,42-,43-,44-,45-,49+,50+,51+,52+,53+,54?,55?,56?,57?,58?,68-,69-,70-,71-,72-,139?,140?,141?,142?/m1/s1. The summed E-state index contributed by atoms with van der Waals surface area (Å²) >= 11 is 23.1. The van der Waals surface area contributed by atoms with Gasteiger partial charge >= 0.3 is 51.8 Å². The van der Waals surface area contributed by atoms with Gasteiger partial charge in [0.25, 0.3) is 11.1 Å². The number of imidazole rings is 3. The summed E-state index contributed by atoms with van der Waals surface area (Å²) in [5.74, 6) is -0.569. The molecule has 15 rings (SSSR count). The third kappa shape index (κ3) is 26.1. The van der Waals surface area contributed by atoms with Crippen LogP contribution in [0.3, 0.4) is 0 Å². The van der Waals surface area contributed by atoms with Crippen molar-refractivity contribution in [2.45, 2.75) is 182 Å². The number of H-pyrrole nitrogens is 2. The molecule has 0 radical (unpaired) electrons. The maximum absolute atomic E-state index is 15.5. The van der Waals surface area contributed by atoms with Gasteiger partial charge in [-0.1, -0.05) is 6.92 Å². The summed E-state index contributed by atoms with van der Waals surface area (Å²) in [6.45, 7) is -19.5. The molecule has 9 aromatic rings. The molecule has 28 atom stereocenters. The second-order valence-corrected chi connectivity index (χ2v) is 46.0. The lowest BCUT2D eigenvalue weighted by Gasteiger charge is -2.30. The topological polar surface area (TPSA) is 784 Å². The van der Waals surface area contributed by atoms with Gasteiger partial charge in [0.1, 0.15) is 133 Å². The number of nitrogens with zero attached hydrogens (tertiary/aromatic N) is 16. The Morgan fingerprint density at radius 1 is 0.390 bits per heavy atom. The molecular formula is C76H110N23O38P5S4. The lowest BCUT2D eigenvalue weighted by molar-refractivity contribution is -0.0848. The summed E-state index contributed by atoms with van der Waals surface area (Å²) in [7, 11) is 0.917. The number of methoxy groups -OCH3 is 5. The van der Waals surface area contributed by atoms with E-state index in [0.29, 0.717) is 23.1 Å². The first-order valence-corrected chi connectivity index (χ1v) is 56.5. The zero-order valence-corrected chi connectivity index (χ0v) is 86.8.